The van der Waals surface area contributed by atoms with Gasteiger partial charge in [0.1, 0.15) is 11.6 Å². The molecule has 1 amide bonds. The maximum atomic E-state index is 13.5. The summed E-state index contributed by atoms with van der Waals surface area (Å²) in [5.41, 5.74) is 5.67. The predicted octanol–water partition coefficient (Wildman–Crippen LogP) is 1.65. The molecule has 0 aliphatic carbocycles. The summed E-state index contributed by atoms with van der Waals surface area (Å²) in [6.45, 7) is 4.65. The van der Waals surface area contributed by atoms with Gasteiger partial charge in [-0.25, -0.2) is 9.48 Å². The van der Waals surface area contributed by atoms with E-state index in [-0.39, 0.29) is 29.7 Å². The SMILES string of the molecule is COCCCN(C(=O)c1ccn(-c2ccc(OC)cc2)n1)c1c(N)n(CC(C)C)c(=O)[nH]c1=O. The van der Waals surface area contributed by atoms with Crippen molar-refractivity contribution in [2.24, 2.45) is 5.92 Å². The summed E-state index contributed by atoms with van der Waals surface area (Å²) in [7, 11) is 3.13. The number of nitrogens with two attached hydrogens (primary N) is 1. The molecule has 2 aromatic heterocycles. The van der Waals surface area contributed by atoms with Crippen molar-refractivity contribution in [1.29, 1.82) is 0 Å². The highest BCUT2D eigenvalue weighted by molar-refractivity contribution is 6.06. The van der Waals surface area contributed by atoms with Gasteiger partial charge >= 0.3 is 5.69 Å². The van der Waals surface area contributed by atoms with Gasteiger partial charge in [-0.3, -0.25) is 24.0 Å². The van der Waals surface area contributed by atoms with Crippen LogP contribution < -0.4 is 26.6 Å². The number of carbonyl (C=O) groups is 1. The zero-order valence-electron chi connectivity index (χ0n) is 19.8. The zero-order chi connectivity index (χ0) is 24.8. The Morgan fingerprint density at radius 3 is 2.50 bits per heavy atom. The molecule has 0 aliphatic heterocycles. The molecule has 0 unspecified atom stereocenters. The molecule has 3 aromatic rings. The van der Waals surface area contributed by atoms with Crippen LogP contribution in [0.1, 0.15) is 30.8 Å². The Morgan fingerprint density at radius 1 is 1.18 bits per heavy atom. The number of nitrogen functional groups attached to an aromatic ring is 1. The molecular weight excluding hydrogens is 440 g/mol. The largest absolute Gasteiger partial charge is 0.497 e. The molecule has 34 heavy (non-hydrogen) atoms. The van der Waals surface area contributed by atoms with E-state index in [1.54, 1.807) is 55.4 Å². The molecule has 1 aromatic carbocycles. The fourth-order valence-electron chi connectivity index (χ4n) is 3.52. The molecule has 11 heteroatoms. The molecule has 182 valence electrons. The number of hydrogen-bond acceptors (Lipinski definition) is 7. The highest BCUT2D eigenvalue weighted by Crippen LogP contribution is 2.21. The van der Waals surface area contributed by atoms with E-state index in [0.29, 0.717) is 25.3 Å². The number of ether oxygens (including phenoxy) is 2. The summed E-state index contributed by atoms with van der Waals surface area (Å²) in [4.78, 5) is 42.2. The number of benzene rings is 1. The van der Waals surface area contributed by atoms with Crippen LogP contribution in [0.25, 0.3) is 5.69 Å². The minimum Gasteiger partial charge on any atom is -0.497 e. The average molecular weight is 471 g/mol. The van der Waals surface area contributed by atoms with Crippen molar-refractivity contribution >= 4 is 17.4 Å². The monoisotopic (exact) mass is 470 g/mol. The first kappa shape index (κ1) is 24.8. The molecule has 0 atom stereocenters. The number of nitrogens with one attached hydrogen (secondary N) is 1. The van der Waals surface area contributed by atoms with E-state index in [1.807, 2.05) is 13.8 Å². The third kappa shape index (κ3) is 5.37. The summed E-state index contributed by atoms with van der Waals surface area (Å²) in [5, 5.41) is 4.39. The van der Waals surface area contributed by atoms with E-state index in [4.69, 9.17) is 15.2 Å². The number of rotatable bonds is 10. The third-order valence-corrected chi connectivity index (χ3v) is 5.15. The minimum atomic E-state index is -0.733. The van der Waals surface area contributed by atoms with Crippen LogP contribution in [0.5, 0.6) is 5.75 Å². The maximum Gasteiger partial charge on any atom is 0.330 e. The van der Waals surface area contributed by atoms with Crippen LogP contribution in [-0.2, 0) is 11.3 Å². The molecule has 3 rings (SSSR count). The lowest BCUT2D eigenvalue weighted by atomic mass is 10.2. The Kier molecular flexibility index (Phi) is 7.90. The van der Waals surface area contributed by atoms with Gasteiger partial charge in [0, 0.05) is 33.0 Å². The van der Waals surface area contributed by atoms with E-state index in [1.165, 1.54) is 9.47 Å². The number of aromatic amines is 1. The molecule has 3 N–H and O–H groups in total. The smallest absolute Gasteiger partial charge is 0.330 e. The van der Waals surface area contributed by atoms with Crippen LogP contribution >= 0.6 is 0 Å². The number of amides is 1. The lowest BCUT2D eigenvalue weighted by molar-refractivity contribution is 0.0978. The number of methoxy groups -OCH3 is 2. The van der Waals surface area contributed by atoms with Crippen LogP contribution in [-0.4, -0.2) is 52.6 Å². The van der Waals surface area contributed by atoms with Crippen molar-refractivity contribution in [2.75, 3.05) is 38.0 Å². The number of anilines is 2. The van der Waals surface area contributed by atoms with Gasteiger partial charge in [-0.15, -0.1) is 0 Å². The number of carbonyl (C=O) groups excluding carboxylic acids is 1. The summed E-state index contributed by atoms with van der Waals surface area (Å²) < 4.78 is 13.1. The number of aromatic nitrogens is 4. The van der Waals surface area contributed by atoms with Crippen LogP contribution in [0.2, 0.25) is 0 Å². The molecular formula is C23H30N6O5. The van der Waals surface area contributed by atoms with Crippen LogP contribution in [0.4, 0.5) is 11.5 Å². The van der Waals surface area contributed by atoms with Crippen molar-refractivity contribution in [3.8, 4) is 11.4 Å². The Morgan fingerprint density at radius 2 is 1.88 bits per heavy atom. The second-order valence-corrected chi connectivity index (χ2v) is 8.14. The Labute approximate surface area is 196 Å². The van der Waals surface area contributed by atoms with E-state index < -0.39 is 17.2 Å². The van der Waals surface area contributed by atoms with Crippen molar-refractivity contribution in [3.63, 3.8) is 0 Å². The number of nitrogens with zero attached hydrogens (tertiary/aromatic N) is 4. The van der Waals surface area contributed by atoms with E-state index in [0.717, 1.165) is 5.69 Å². The van der Waals surface area contributed by atoms with Crippen LogP contribution in [0.15, 0.2) is 46.1 Å². The average Bonchev–Trinajstić information content (AvgIpc) is 3.30. The highest BCUT2D eigenvalue weighted by Gasteiger charge is 2.27. The second kappa shape index (κ2) is 10.8. The summed E-state index contributed by atoms with van der Waals surface area (Å²) in [5.74, 6) is 0.206. The Bertz CT molecular complexity index is 1240. The molecule has 0 radical (unpaired) electrons. The van der Waals surface area contributed by atoms with Gasteiger partial charge in [-0.2, -0.15) is 5.10 Å². The first-order chi connectivity index (χ1) is 16.3. The van der Waals surface area contributed by atoms with Gasteiger partial charge in [0.25, 0.3) is 11.5 Å². The highest BCUT2D eigenvalue weighted by atomic mass is 16.5. The lowest BCUT2D eigenvalue weighted by Gasteiger charge is -2.24. The van der Waals surface area contributed by atoms with Gasteiger partial charge in [-0.05, 0) is 42.7 Å². The summed E-state index contributed by atoms with van der Waals surface area (Å²) in [6, 6.07) is 8.74. The summed E-state index contributed by atoms with van der Waals surface area (Å²) >= 11 is 0. The number of H-pyrrole nitrogens is 1. The standard InChI is InChI=1S/C23H30N6O5/c1-15(2)14-28-20(24)19(21(30)25-23(28)32)27(11-5-13-33-3)22(31)18-10-12-29(26-18)16-6-8-17(34-4)9-7-16/h6-10,12,15H,5,11,13-14,24H2,1-4H3,(H,25,30,32). The van der Waals surface area contributed by atoms with E-state index in [2.05, 4.69) is 10.1 Å². The Hall–Kier alpha value is -3.86. The van der Waals surface area contributed by atoms with E-state index >= 15 is 0 Å². The molecule has 0 spiro atoms. The number of hydrogen-bond donors (Lipinski definition) is 2. The van der Waals surface area contributed by atoms with Crippen LogP contribution in [0, 0.1) is 5.92 Å². The topological polar surface area (TPSA) is 137 Å². The lowest BCUT2D eigenvalue weighted by Crippen LogP contribution is -2.42. The summed E-state index contributed by atoms with van der Waals surface area (Å²) in [6.07, 6.45) is 2.10. The minimum absolute atomic E-state index is 0.0668. The van der Waals surface area contributed by atoms with Gasteiger partial charge in [-0.1, -0.05) is 13.8 Å². The maximum absolute atomic E-state index is 13.5. The molecule has 0 saturated carbocycles. The van der Waals surface area contributed by atoms with Gasteiger partial charge in [0.2, 0.25) is 0 Å². The quantitative estimate of drug-likeness (QED) is 0.430. The third-order valence-electron chi connectivity index (χ3n) is 5.15. The molecule has 0 aliphatic rings. The van der Waals surface area contributed by atoms with Crippen molar-refractivity contribution in [3.05, 3.63) is 63.1 Å². The van der Waals surface area contributed by atoms with Gasteiger partial charge in [0.05, 0.1) is 12.8 Å². The van der Waals surface area contributed by atoms with Crippen molar-refractivity contribution in [2.45, 2.75) is 26.8 Å². The molecule has 2 heterocycles. The van der Waals surface area contributed by atoms with E-state index in [9.17, 15) is 14.4 Å². The second-order valence-electron chi connectivity index (χ2n) is 8.14. The first-order valence-corrected chi connectivity index (χ1v) is 10.9. The predicted molar refractivity (Wildman–Crippen MR) is 129 cm³/mol. The van der Waals surface area contributed by atoms with Gasteiger partial charge in [0.15, 0.2) is 11.4 Å². The zero-order valence-corrected chi connectivity index (χ0v) is 19.8. The molecule has 0 fully saturated rings. The molecule has 11 nitrogen and oxygen atoms in total. The Balaban J connectivity index is 2.02. The van der Waals surface area contributed by atoms with Gasteiger partial charge < -0.3 is 15.2 Å². The fourth-order valence-corrected chi connectivity index (χ4v) is 3.52. The fraction of sp³-hybridized carbons (Fsp3) is 0.391. The van der Waals surface area contributed by atoms with Crippen molar-refractivity contribution in [1.82, 2.24) is 19.3 Å². The molecule has 0 bridgehead atoms. The van der Waals surface area contributed by atoms with Crippen LogP contribution in [0.3, 0.4) is 0 Å². The first-order valence-electron chi connectivity index (χ1n) is 10.9. The molecule has 0 saturated heterocycles. The normalized spacial score (nSPS) is 11.1. The van der Waals surface area contributed by atoms with Crippen molar-refractivity contribution < 1.29 is 14.3 Å².